The maximum absolute atomic E-state index is 12.6. The molecular formula is C23H26N4OS. The Morgan fingerprint density at radius 1 is 1.10 bits per heavy atom. The van der Waals surface area contributed by atoms with E-state index in [2.05, 4.69) is 53.3 Å². The second-order valence-electron chi connectivity index (χ2n) is 7.08. The number of allylic oxidation sites excluding steroid dienone is 1. The average Bonchev–Trinajstić information content (AvgIpc) is 3.11. The third-order valence-corrected chi connectivity index (χ3v) is 5.63. The van der Waals surface area contributed by atoms with Gasteiger partial charge in [0.25, 0.3) is 5.91 Å². The lowest BCUT2D eigenvalue weighted by molar-refractivity contribution is 0.0937. The van der Waals surface area contributed by atoms with Crippen LogP contribution in [-0.2, 0) is 12.3 Å². The Kier molecular flexibility index (Phi) is 6.88. The van der Waals surface area contributed by atoms with Crippen molar-refractivity contribution in [2.45, 2.75) is 44.3 Å². The molecule has 0 aliphatic carbocycles. The van der Waals surface area contributed by atoms with Gasteiger partial charge >= 0.3 is 0 Å². The van der Waals surface area contributed by atoms with Crippen LogP contribution in [-0.4, -0.2) is 20.7 Å². The minimum atomic E-state index is -0.273. The molecule has 0 radical (unpaired) electrons. The third-order valence-electron chi connectivity index (χ3n) is 4.59. The number of benzene rings is 2. The van der Waals surface area contributed by atoms with E-state index in [1.807, 2.05) is 48.8 Å². The van der Waals surface area contributed by atoms with E-state index in [4.69, 9.17) is 0 Å². The van der Waals surface area contributed by atoms with Crippen molar-refractivity contribution in [2.24, 2.45) is 0 Å². The van der Waals surface area contributed by atoms with Crippen molar-refractivity contribution in [3.63, 3.8) is 0 Å². The van der Waals surface area contributed by atoms with Crippen molar-refractivity contribution in [1.29, 1.82) is 0 Å². The summed E-state index contributed by atoms with van der Waals surface area (Å²) in [4.78, 5) is 12.6. The zero-order valence-electron chi connectivity index (χ0n) is 17.1. The van der Waals surface area contributed by atoms with Gasteiger partial charge in [0, 0.05) is 17.9 Å². The summed E-state index contributed by atoms with van der Waals surface area (Å²) in [5, 5.41) is 12.5. The van der Waals surface area contributed by atoms with Crippen LogP contribution in [0.2, 0.25) is 0 Å². The highest BCUT2D eigenvalue weighted by atomic mass is 32.2. The number of aromatic nitrogens is 3. The predicted molar refractivity (Wildman–Crippen MR) is 118 cm³/mol. The summed E-state index contributed by atoms with van der Waals surface area (Å²) in [6, 6.07) is 15.7. The molecular weight excluding hydrogens is 380 g/mol. The normalized spacial score (nSPS) is 11.8. The van der Waals surface area contributed by atoms with Crippen molar-refractivity contribution in [3.05, 3.63) is 89.3 Å². The van der Waals surface area contributed by atoms with Gasteiger partial charge < -0.3 is 9.88 Å². The summed E-state index contributed by atoms with van der Waals surface area (Å²) in [7, 11) is 0. The van der Waals surface area contributed by atoms with E-state index in [9.17, 15) is 4.79 Å². The van der Waals surface area contributed by atoms with E-state index in [0.717, 1.165) is 22.3 Å². The SMILES string of the molecule is C=CCn1c(SCc2ccc(C)cc2)nnc1[C@H](C)NC(=O)c1ccc(C)cc1. The number of thioether (sulfide) groups is 1. The van der Waals surface area contributed by atoms with Crippen molar-refractivity contribution in [2.75, 3.05) is 0 Å². The van der Waals surface area contributed by atoms with Crippen LogP contribution in [0.3, 0.4) is 0 Å². The number of nitrogens with zero attached hydrogens (tertiary/aromatic N) is 3. The van der Waals surface area contributed by atoms with Gasteiger partial charge in [-0.05, 0) is 38.5 Å². The summed E-state index contributed by atoms with van der Waals surface area (Å²) < 4.78 is 2.01. The van der Waals surface area contributed by atoms with E-state index in [0.29, 0.717) is 12.1 Å². The largest absolute Gasteiger partial charge is 0.342 e. The minimum absolute atomic E-state index is 0.125. The van der Waals surface area contributed by atoms with Crippen LogP contribution in [0.15, 0.2) is 66.3 Å². The molecule has 1 aromatic heterocycles. The molecule has 2 aromatic carbocycles. The second-order valence-corrected chi connectivity index (χ2v) is 8.02. The van der Waals surface area contributed by atoms with Gasteiger partial charge in [-0.25, -0.2) is 0 Å². The van der Waals surface area contributed by atoms with Gasteiger partial charge in [0.15, 0.2) is 11.0 Å². The molecule has 0 aliphatic heterocycles. The lowest BCUT2D eigenvalue weighted by Gasteiger charge is -2.15. The molecule has 29 heavy (non-hydrogen) atoms. The van der Waals surface area contributed by atoms with Gasteiger partial charge in [0.2, 0.25) is 0 Å². The topological polar surface area (TPSA) is 59.8 Å². The molecule has 1 N–H and O–H groups in total. The minimum Gasteiger partial charge on any atom is -0.342 e. The van der Waals surface area contributed by atoms with Crippen molar-refractivity contribution < 1.29 is 4.79 Å². The summed E-state index contributed by atoms with van der Waals surface area (Å²) >= 11 is 1.63. The highest BCUT2D eigenvalue weighted by Crippen LogP contribution is 2.24. The molecule has 0 saturated heterocycles. The van der Waals surface area contributed by atoms with Crippen LogP contribution in [0.5, 0.6) is 0 Å². The van der Waals surface area contributed by atoms with Crippen LogP contribution in [0.1, 0.15) is 45.8 Å². The molecule has 1 heterocycles. The monoisotopic (exact) mass is 406 g/mol. The van der Waals surface area contributed by atoms with Crippen LogP contribution >= 0.6 is 11.8 Å². The Labute approximate surface area is 176 Å². The molecule has 0 fully saturated rings. The lowest BCUT2D eigenvalue weighted by Crippen LogP contribution is -2.28. The number of carbonyl (C=O) groups is 1. The van der Waals surface area contributed by atoms with Gasteiger partial charge in [-0.2, -0.15) is 0 Å². The Morgan fingerprint density at radius 3 is 2.34 bits per heavy atom. The molecule has 3 rings (SSSR count). The van der Waals surface area contributed by atoms with Crippen molar-refractivity contribution in [1.82, 2.24) is 20.1 Å². The Bertz CT molecular complexity index is 977. The van der Waals surface area contributed by atoms with Crippen molar-refractivity contribution >= 4 is 17.7 Å². The standard InChI is InChI=1S/C23H26N4OS/c1-5-14-27-21(18(4)24-22(28)20-12-8-17(3)9-13-20)25-26-23(27)29-15-19-10-6-16(2)7-11-19/h5-13,18H,1,14-15H2,2-4H3,(H,24,28)/t18-/m0/s1. The summed E-state index contributed by atoms with van der Waals surface area (Å²) in [6.45, 7) is 10.4. The molecule has 5 nitrogen and oxygen atoms in total. The van der Waals surface area contributed by atoms with Crippen LogP contribution in [0.4, 0.5) is 0 Å². The molecule has 0 spiro atoms. The molecule has 0 saturated carbocycles. The van der Waals surface area contributed by atoms with Gasteiger partial charge in [-0.3, -0.25) is 4.79 Å². The highest BCUT2D eigenvalue weighted by molar-refractivity contribution is 7.98. The van der Waals surface area contributed by atoms with Gasteiger partial charge in [0.1, 0.15) is 0 Å². The zero-order chi connectivity index (χ0) is 20.8. The molecule has 0 unspecified atom stereocenters. The van der Waals surface area contributed by atoms with Gasteiger partial charge in [-0.1, -0.05) is 65.4 Å². The second kappa shape index (κ2) is 9.56. The first-order valence-corrected chi connectivity index (χ1v) is 10.6. The summed E-state index contributed by atoms with van der Waals surface area (Å²) in [5.74, 6) is 1.40. The van der Waals surface area contributed by atoms with E-state index in [1.165, 1.54) is 11.1 Å². The predicted octanol–water partition coefficient (Wildman–Crippen LogP) is 4.86. The van der Waals surface area contributed by atoms with Gasteiger partial charge in [-0.15, -0.1) is 16.8 Å². The lowest BCUT2D eigenvalue weighted by atomic mass is 10.1. The Morgan fingerprint density at radius 2 is 1.72 bits per heavy atom. The first-order valence-electron chi connectivity index (χ1n) is 9.58. The van der Waals surface area contributed by atoms with Gasteiger partial charge in [0.05, 0.1) is 6.04 Å². The number of carbonyl (C=O) groups excluding carboxylic acids is 1. The maximum atomic E-state index is 12.6. The maximum Gasteiger partial charge on any atom is 0.251 e. The fourth-order valence-corrected chi connectivity index (χ4v) is 3.82. The van der Waals surface area contributed by atoms with E-state index < -0.39 is 0 Å². The first kappa shape index (κ1) is 20.9. The molecule has 0 aliphatic rings. The quantitative estimate of drug-likeness (QED) is 0.428. The van der Waals surface area contributed by atoms with Crippen molar-refractivity contribution in [3.8, 4) is 0 Å². The zero-order valence-corrected chi connectivity index (χ0v) is 17.9. The molecule has 150 valence electrons. The molecule has 0 bridgehead atoms. The van der Waals surface area contributed by atoms with Crippen LogP contribution in [0, 0.1) is 13.8 Å². The highest BCUT2D eigenvalue weighted by Gasteiger charge is 2.20. The molecule has 1 atom stereocenters. The third kappa shape index (κ3) is 5.35. The summed E-state index contributed by atoms with van der Waals surface area (Å²) in [5.41, 5.74) is 4.23. The average molecular weight is 407 g/mol. The van der Waals surface area contributed by atoms with E-state index >= 15 is 0 Å². The van der Waals surface area contributed by atoms with Crippen LogP contribution in [0.25, 0.3) is 0 Å². The van der Waals surface area contributed by atoms with E-state index in [-0.39, 0.29) is 11.9 Å². The molecule has 1 amide bonds. The van der Waals surface area contributed by atoms with E-state index in [1.54, 1.807) is 11.8 Å². The molecule has 6 heteroatoms. The number of rotatable bonds is 8. The number of hydrogen-bond acceptors (Lipinski definition) is 4. The molecule has 3 aromatic rings. The fourth-order valence-electron chi connectivity index (χ4n) is 2.91. The smallest absolute Gasteiger partial charge is 0.251 e. The fraction of sp³-hybridized carbons (Fsp3) is 0.261. The summed E-state index contributed by atoms with van der Waals surface area (Å²) in [6.07, 6.45) is 1.82. The first-order chi connectivity index (χ1) is 14.0. The number of nitrogens with one attached hydrogen (secondary N) is 1. The number of aryl methyl sites for hydroxylation is 2. The number of hydrogen-bond donors (Lipinski definition) is 1. The Hall–Kier alpha value is -2.86. The van der Waals surface area contributed by atoms with Crippen LogP contribution < -0.4 is 5.32 Å². The number of amides is 1. The Balaban J connectivity index is 1.72.